The molecule has 6 nitrogen and oxygen atoms in total. The maximum Gasteiger partial charge on any atom is 0.260 e. The van der Waals surface area contributed by atoms with Crippen molar-refractivity contribution in [1.82, 2.24) is 14.1 Å². The minimum atomic E-state index is -3.56. The number of fused-ring (bicyclic) bond motifs is 1. The zero-order valence-corrected chi connectivity index (χ0v) is 14.2. The van der Waals surface area contributed by atoms with Gasteiger partial charge in [0.25, 0.3) is 10.0 Å². The lowest BCUT2D eigenvalue weighted by atomic mass is 10.1. The Kier molecular flexibility index (Phi) is 5.23. The summed E-state index contributed by atoms with van der Waals surface area (Å²) in [4.78, 5) is 4.94. The maximum atomic E-state index is 12.5. The first-order chi connectivity index (χ1) is 9.95. The summed E-state index contributed by atoms with van der Waals surface area (Å²) in [7, 11) is -1.89. The van der Waals surface area contributed by atoms with Crippen molar-refractivity contribution in [3.63, 3.8) is 0 Å². The predicted molar refractivity (Wildman–Crippen MR) is 86.5 cm³/mol. The van der Waals surface area contributed by atoms with E-state index in [9.17, 15) is 8.42 Å². The number of nitrogens with one attached hydrogen (secondary N) is 2. The van der Waals surface area contributed by atoms with Gasteiger partial charge in [0.1, 0.15) is 0 Å². The smallest absolute Gasteiger partial charge is 0.260 e. The van der Waals surface area contributed by atoms with Crippen LogP contribution in [-0.2, 0) is 10.0 Å². The highest BCUT2D eigenvalue weighted by Gasteiger charge is 2.24. The van der Waals surface area contributed by atoms with E-state index in [1.54, 1.807) is 17.6 Å². The first kappa shape index (κ1) is 16.3. The number of rotatable bonds is 8. The first-order valence-corrected chi connectivity index (χ1v) is 9.45. The third kappa shape index (κ3) is 3.75. The Morgan fingerprint density at radius 3 is 2.81 bits per heavy atom. The molecule has 2 N–H and O–H groups in total. The molecule has 118 valence electrons. The summed E-state index contributed by atoms with van der Waals surface area (Å²) in [5, 5.41) is 4.86. The summed E-state index contributed by atoms with van der Waals surface area (Å²) in [5.74, 6) is 1.04. The van der Waals surface area contributed by atoms with Crippen molar-refractivity contribution in [1.29, 1.82) is 0 Å². The van der Waals surface area contributed by atoms with Crippen molar-refractivity contribution in [3.05, 3.63) is 11.6 Å². The molecule has 0 aliphatic carbocycles. The van der Waals surface area contributed by atoms with Crippen LogP contribution < -0.4 is 10.0 Å². The van der Waals surface area contributed by atoms with Gasteiger partial charge >= 0.3 is 0 Å². The van der Waals surface area contributed by atoms with Crippen molar-refractivity contribution >= 4 is 32.1 Å². The van der Waals surface area contributed by atoms with E-state index < -0.39 is 10.0 Å². The highest BCUT2D eigenvalue weighted by atomic mass is 32.2. The molecule has 0 atom stereocenters. The molecule has 0 fully saturated rings. The van der Waals surface area contributed by atoms with Crippen LogP contribution in [0, 0.1) is 5.92 Å². The van der Waals surface area contributed by atoms with E-state index in [-0.39, 0.29) is 5.03 Å². The van der Waals surface area contributed by atoms with Gasteiger partial charge in [-0.15, -0.1) is 11.3 Å². The van der Waals surface area contributed by atoms with Gasteiger partial charge in [0.05, 0.1) is 0 Å². The Morgan fingerprint density at radius 2 is 2.14 bits per heavy atom. The summed E-state index contributed by atoms with van der Waals surface area (Å²) in [6.45, 7) is 4.79. The largest absolute Gasteiger partial charge is 0.371 e. The molecule has 0 saturated heterocycles. The fraction of sp³-hybridized carbons (Fsp3) is 0.615. The summed E-state index contributed by atoms with van der Waals surface area (Å²) in [6, 6.07) is 0. The van der Waals surface area contributed by atoms with Gasteiger partial charge in [0, 0.05) is 25.2 Å². The van der Waals surface area contributed by atoms with E-state index in [0.29, 0.717) is 23.2 Å². The lowest BCUT2D eigenvalue weighted by Crippen LogP contribution is -2.26. The van der Waals surface area contributed by atoms with Gasteiger partial charge in [-0.25, -0.2) is 18.1 Å². The number of hydrogen-bond acceptors (Lipinski definition) is 5. The molecule has 0 unspecified atom stereocenters. The highest BCUT2D eigenvalue weighted by molar-refractivity contribution is 7.89. The number of hydrogen-bond donors (Lipinski definition) is 2. The van der Waals surface area contributed by atoms with Crippen molar-refractivity contribution in [2.24, 2.45) is 5.92 Å². The minimum Gasteiger partial charge on any atom is -0.371 e. The molecule has 0 radical (unpaired) electrons. The third-order valence-electron chi connectivity index (χ3n) is 3.21. The summed E-state index contributed by atoms with van der Waals surface area (Å²) >= 11 is 1.41. The normalized spacial score (nSPS) is 12.4. The zero-order valence-electron chi connectivity index (χ0n) is 12.6. The fourth-order valence-electron chi connectivity index (χ4n) is 2.14. The van der Waals surface area contributed by atoms with Gasteiger partial charge in [-0.2, -0.15) is 0 Å². The number of unbranched alkanes of at least 4 members (excludes halogenated alkanes) is 1. The van der Waals surface area contributed by atoms with E-state index in [2.05, 4.69) is 28.9 Å². The molecule has 0 amide bonds. The molecule has 21 heavy (non-hydrogen) atoms. The molecule has 2 heterocycles. The second kappa shape index (κ2) is 6.76. The molecule has 2 aromatic heterocycles. The van der Waals surface area contributed by atoms with Crippen LogP contribution >= 0.6 is 11.3 Å². The quantitative estimate of drug-likeness (QED) is 0.729. The minimum absolute atomic E-state index is 0.185. The molecular weight excluding hydrogens is 308 g/mol. The van der Waals surface area contributed by atoms with Crippen LogP contribution in [0.15, 0.2) is 16.6 Å². The Labute approximate surface area is 129 Å². The van der Waals surface area contributed by atoms with Gasteiger partial charge in [0.2, 0.25) is 0 Å². The first-order valence-electron chi connectivity index (χ1n) is 7.08. The van der Waals surface area contributed by atoms with Crippen LogP contribution in [0.25, 0.3) is 4.96 Å². The average Bonchev–Trinajstić information content (AvgIpc) is 2.96. The summed E-state index contributed by atoms with van der Waals surface area (Å²) in [6.07, 6.45) is 4.71. The van der Waals surface area contributed by atoms with Gasteiger partial charge in [0.15, 0.2) is 15.8 Å². The van der Waals surface area contributed by atoms with Crippen LogP contribution in [0.2, 0.25) is 0 Å². The van der Waals surface area contributed by atoms with E-state index in [0.717, 1.165) is 19.3 Å². The third-order valence-corrected chi connectivity index (χ3v) is 5.45. The second-order valence-electron chi connectivity index (χ2n) is 5.36. The highest BCUT2D eigenvalue weighted by Crippen LogP contribution is 2.25. The summed E-state index contributed by atoms with van der Waals surface area (Å²) < 4.78 is 29.2. The molecule has 0 aliphatic heterocycles. The molecule has 0 aromatic carbocycles. The number of aromatic nitrogens is 2. The van der Waals surface area contributed by atoms with Crippen molar-refractivity contribution < 1.29 is 8.42 Å². The monoisotopic (exact) mass is 330 g/mol. The van der Waals surface area contributed by atoms with E-state index in [4.69, 9.17) is 0 Å². The lowest BCUT2D eigenvalue weighted by Gasteiger charge is -2.08. The molecule has 8 heteroatoms. The fourth-order valence-corrected chi connectivity index (χ4v) is 4.27. The average molecular weight is 330 g/mol. The van der Waals surface area contributed by atoms with Crippen molar-refractivity contribution in [2.75, 3.05) is 18.9 Å². The Bertz CT molecular complexity index is 688. The van der Waals surface area contributed by atoms with Crippen molar-refractivity contribution in [3.8, 4) is 0 Å². The van der Waals surface area contributed by atoms with Crippen LogP contribution in [0.3, 0.4) is 0 Å². The molecule has 0 aliphatic rings. The number of sulfonamides is 1. The Balaban J connectivity index is 2.09. The molecular formula is C13H22N4O2S2. The van der Waals surface area contributed by atoms with Gasteiger partial charge in [-0.3, -0.25) is 4.40 Å². The molecule has 2 rings (SSSR count). The Morgan fingerprint density at radius 1 is 1.38 bits per heavy atom. The predicted octanol–water partition coefficient (Wildman–Crippen LogP) is 2.54. The van der Waals surface area contributed by atoms with E-state index in [1.807, 2.05) is 5.38 Å². The SMILES string of the molecule is CNc1nc2sccn2c1S(=O)(=O)NCCCCC(C)C. The molecule has 0 saturated carbocycles. The van der Waals surface area contributed by atoms with Crippen LogP contribution in [0.1, 0.15) is 33.1 Å². The lowest BCUT2D eigenvalue weighted by molar-refractivity contribution is 0.530. The van der Waals surface area contributed by atoms with E-state index in [1.165, 1.54) is 11.3 Å². The van der Waals surface area contributed by atoms with Crippen LogP contribution in [0.4, 0.5) is 5.82 Å². The zero-order chi connectivity index (χ0) is 15.5. The van der Waals surface area contributed by atoms with Crippen molar-refractivity contribution in [2.45, 2.75) is 38.1 Å². The topological polar surface area (TPSA) is 75.5 Å². The number of nitrogens with zero attached hydrogens (tertiary/aromatic N) is 2. The van der Waals surface area contributed by atoms with Crippen LogP contribution in [0.5, 0.6) is 0 Å². The number of anilines is 1. The molecule has 0 spiro atoms. The summed E-state index contributed by atoms with van der Waals surface area (Å²) in [5.41, 5.74) is 0. The second-order valence-corrected chi connectivity index (χ2v) is 7.91. The standard InChI is InChI=1S/C13H22N4O2S2/c1-10(2)6-4-5-7-15-21(18,19)12-11(14-3)16-13-17(12)8-9-20-13/h8-10,14-15H,4-7H2,1-3H3. The maximum absolute atomic E-state index is 12.5. The van der Waals surface area contributed by atoms with Gasteiger partial charge in [-0.1, -0.05) is 26.7 Å². The van der Waals surface area contributed by atoms with Crippen LogP contribution in [-0.4, -0.2) is 31.4 Å². The number of imidazole rings is 1. The molecule has 0 bridgehead atoms. The number of thiazole rings is 1. The van der Waals surface area contributed by atoms with Gasteiger partial charge in [-0.05, 0) is 12.3 Å². The Hall–Kier alpha value is -1.12. The van der Waals surface area contributed by atoms with E-state index >= 15 is 0 Å². The molecule has 2 aromatic rings. The van der Waals surface area contributed by atoms with Gasteiger partial charge < -0.3 is 5.32 Å².